The molecule has 5 heteroatoms. The molecule has 1 aliphatic rings. The van der Waals surface area contributed by atoms with Crippen LogP contribution in [0, 0.1) is 11.8 Å². The number of hydrogen-bond acceptors (Lipinski definition) is 4. The number of hydrogen-bond donors (Lipinski definition) is 1. The van der Waals surface area contributed by atoms with Gasteiger partial charge < -0.3 is 10.1 Å². The highest BCUT2D eigenvalue weighted by atomic mass is 16.5. The highest BCUT2D eigenvalue weighted by Crippen LogP contribution is 2.32. The molecule has 0 unspecified atom stereocenters. The molecule has 5 nitrogen and oxygen atoms in total. The maximum atomic E-state index is 13.1. The summed E-state index contributed by atoms with van der Waals surface area (Å²) in [6.07, 6.45) is 1.91. The van der Waals surface area contributed by atoms with Gasteiger partial charge in [-0.3, -0.25) is 9.78 Å². The number of rotatable bonds is 5. The summed E-state index contributed by atoms with van der Waals surface area (Å²) in [7, 11) is 0. The number of aryl methyl sites for hydroxylation is 1. The van der Waals surface area contributed by atoms with Crippen LogP contribution in [0.1, 0.15) is 55.7 Å². The first-order valence-electron chi connectivity index (χ1n) is 9.76. The number of pyridine rings is 1. The molecule has 3 rings (SSSR count). The lowest BCUT2D eigenvalue weighted by atomic mass is 9.84. The number of benzene rings is 1. The first-order chi connectivity index (χ1) is 12.9. The predicted molar refractivity (Wildman–Crippen MR) is 106 cm³/mol. The molecule has 0 saturated carbocycles. The van der Waals surface area contributed by atoms with Crippen molar-refractivity contribution in [3.8, 4) is 0 Å². The summed E-state index contributed by atoms with van der Waals surface area (Å²) in [5.74, 6) is 0.136. The van der Waals surface area contributed by atoms with Crippen molar-refractivity contribution in [2.75, 3.05) is 6.54 Å². The summed E-state index contributed by atoms with van der Waals surface area (Å²) < 4.78 is 5.56. The number of nitrogens with zero attached hydrogens (tertiary/aromatic N) is 1. The second-order valence-electron chi connectivity index (χ2n) is 7.96. The molecule has 0 spiro atoms. The van der Waals surface area contributed by atoms with Gasteiger partial charge in [-0.2, -0.15) is 0 Å². The lowest BCUT2D eigenvalue weighted by Gasteiger charge is -2.24. The molecule has 0 radical (unpaired) electrons. The topological polar surface area (TPSA) is 68.3 Å². The van der Waals surface area contributed by atoms with Gasteiger partial charge in [-0.05, 0) is 49.7 Å². The lowest BCUT2D eigenvalue weighted by molar-refractivity contribution is -0.129. The minimum Gasteiger partial charge on any atom is -0.449 e. The van der Waals surface area contributed by atoms with E-state index >= 15 is 0 Å². The van der Waals surface area contributed by atoms with Gasteiger partial charge in [-0.25, -0.2) is 4.79 Å². The summed E-state index contributed by atoms with van der Waals surface area (Å²) in [6, 6.07) is 7.65. The van der Waals surface area contributed by atoms with Gasteiger partial charge in [0.1, 0.15) is 0 Å². The Hall–Kier alpha value is -2.43. The van der Waals surface area contributed by atoms with E-state index in [-0.39, 0.29) is 5.91 Å². The van der Waals surface area contributed by atoms with E-state index in [2.05, 4.69) is 12.2 Å². The molecule has 1 heterocycles. The number of esters is 1. The van der Waals surface area contributed by atoms with Crippen LogP contribution in [0.25, 0.3) is 10.9 Å². The molecule has 1 N–H and O–H groups in total. The molecule has 1 aliphatic carbocycles. The predicted octanol–water partition coefficient (Wildman–Crippen LogP) is 3.68. The van der Waals surface area contributed by atoms with Gasteiger partial charge in [0.05, 0.1) is 11.1 Å². The summed E-state index contributed by atoms with van der Waals surface area (Å²) >= 11 is 0. The Morgan fingerprint density at radius 2 is 2.00 bits per heavy atom. The molecule has 1 amide bonds. The van der Waals surface area contributed by atoms with Crippen molar-refractivity contribution >= 4 is 22.8 Å². The molecule has 27 heavy (non-hydrogen) atoms. The van der Waals surface area contributed by atoms with Crippen molar-refractivity contribution in [1.29, 1.82) is 0 Å². The normalized spacial score (nSPS) is 17.4. The van der Waals surface area contributed by atoms with E-state index in [1.54, 1.807) is 6.92 Å². The zero-order valence-electron chi connectivity index (χ0n) is 16.5. The highest BCUT2D eigenvalue weighted by Gasteiger charge is 2.28. The zero-order valence-corrected chi connectivity index (χ0v) is 16.5. The van der Waals surface area contributed by atoms with Crippen LogP contribution in [0.2, 0.25) is 0 Å². The van der Waals surface area contributed by atoms with Gasteiger partial charge >= 0.3 is 5.97 Å². The van der Waals surface area contributed by atoms with Gasteiger partial charge in [0.25, 0.3) is 5.91 Å². The summed E-state index contributed by atoms with van der Waals surface area (Å²) in [5.41, 5.74) is 3.34. The third kappa shape index (κ3) is 4.29. The molecule has 2 atom stereocenters. The van der Waals surface area contributed by atoms with Crippen LogP contribution in [0.5, 0.6) is 0 Å². The molecular formula is C22H28N2O3. The number of carbonyl (C=O) groups excluding carboxylic acids is 2. The van der Waals surface area contributed by atoms with Crippen LogP contribution in [-0.4, -0.2) is 29.5 Å². The third-order valence-electron chi connectivity index (χ3n) is 5.05. The smallest absolute Gasteiger partial charge is 0.339 e. The Morgan fingerprint density at radius 3 is 2.74 bits per heavy atom. The number of aromatic nitrogens is 1. The Morgan fingerprint density at radius 1 is 1.26 bits per heavy atom. The Kier molecular flexibility index (Phi) is 5.78. The minimum absolute atomic E-state index is 0.266. The van der Waals surface area contributed by atoms with Gasteiger partial charge in [0, 0.05) is 17.6 Å². The average Bonchev–Trinajstić information content (AvgIpc) is 2.63. The quantitative estimate of drug-likeness (QED) is 0.818. The largest absolute Gasteiger partial charge is 0.449 e. The standard InChI is InChI=1S/C22H28N2O3/c1-13(2)12-23-21(25)15(4)27-22(26)20-16-7-5-6-8-18(16)24-19-10-9-14(3)11-17(19)20/h5-8,13-15H,9-12H2,1-4H3,(H,23,25)/t14-,15+/m0/s1. The van der Waals surface area contributed by atoms with E-state index in [0.717, 1.165) is 41.4 Å². The molecule has 0 aliphatic heterocycles. The lowest BCUT2D eigenvalue weighted by Crippen LogP contribution is -2.37. The Balaban J connectivity index is 1.91. The fourth-order valence-electron chi connectivity index (χ4n) is 3.52. The third-order valence-corrected chi connectivity index (χ3v) is 5.05. The number of fused-ring (bicyclic) bond motifs is 2. The summed E-state index contributed by atoms with van der Waals surface area (Å²) in [6.45, 7) is 8.41. The van der Waals surface area contributed by atoms with Crippen molar-refractivity contribution in [2.45, 2.75) is 53.1 Å². The first kappa shape index (κ1) is 19.3. The molecular weight excluding hydrogens is 340 g/mol. The Labute approximate surface area is 160 Å². The van der Waals surface area contributed by atoms with E-state index in [4.69, 9.17) is 9.72 Å². The SMILES string of the molecule is CC(C)CNC(=O)[C@@H](C)OC(=O)c1c2c(nc3ccccc13)CC[C@H](C)C2. The van der Waals surface area contributed by atoms with Crippen LogP contribution in [0.3, 0.4) is 0 Å². The fourth-order valence-corrected chi connectivity index (χ4v) is 3.52. The van der Waals surface area contributed by atoms with E-state index < -0.39 is 12.1 Å². The highest BCUT2D eigenvalue weighted by molar-refractivity contribution is 6.05. The van der Waals surface area contributed by atoms with Crippen LogP contribution < -0.4 is 5.32 Å². The van der Waals surface area contributed by atoms with E-state index in [9.17, 15) is 9.59 Å². The second kappa shape index (κ2) is 8.07. The number of carbonyl (C=O) groups is 2. The zero-order chi connectivity index (χ0) is 19.6. The van der Waals surface area contributed by atoms with Crippen molar-refractivity contribution < 1.29 is 14.3 Å². The van der Waals surface area contributed by atoms with Crippen molar-refractivity contribution in [3.05, 3.63) is 41.1 Å². The summed E-state index contributed by atoms with van der Waals surface area (Å²) in [5, 5.41) is 3.61. The van der Waals surface area contributed by atoms with Crippen molar-refractivity contribution in [2.24, 2.45) is 11.8 Å². The molecule has 1 aromatic carbocycles. The van der Waals surface area contributed by atoms with Crippen LogP contribution >= 0.6 is 0 Å². The molecule has 0 bridgehead atoms. The van der Waals surface area contributed by atoms with Crippen LogP contribution in [-0.2, 0) is 22.4 Å². The van der Waals surface area contributed by atoms with E-state index in [1.165, 1.54) is 0 Å². The monoisotopic (exact) mass is 368 g/mol. The van der Waals surface area contributed by atoms with Gasteiger partial charge in [0.2, 0.25) is 0 Å². The molecule has 144 valence electrons. The molecule has 1 aromatic heterocycles. The van der Waals surface area contributed by atoms with Gasteiger partial charge in [-0.1, -0.05) is 39.0 Å². The molecule has 2 aromatic rings. The maximum absolute atomic E-state index is 13.1. The second-order valence-corrected chi connectivity index (χ2v) is 7.96. The fraction of sp³-hybridized carbons (Fsp3) is 0.500. The van der Waals surface area contributed by atoms with Gasteiger partial charge in [0.15, 0.2) is 6.10 Å². The first-order valence-corrected chi connectivity index (χ1v) is 9.76. The average molecular weight is 368 g/mol. The number of ether oxygens (including phenoxy) is 1. The van der Waals surface area contributed by atoms with Crippen molar-refractivity contribution in [3.63, 3.8) is 0 Å². The van der Waals surface area contributed by atoms with Crippen LogP contribution in [0.4, 0.5) is 0 Å². The van der Waals surface area contributed by atoms with E-state index in [0.29, 0.717) is 23.9 Å². The molecule has 0 fully saturated rings. The summed E-state index contributed by atoms with van der Waals surface area (Å²) in [4.78, 5) is 30.0. The maximum Gasteiger partial charge on any atom is 0.339 e. The molecule has 0 saturated heterocycles. The van der Waals surface area contributed by atoms with Crippen molar-refractivity contribution in [1.82, 2.24) is 10.3 Å². The van der Waals surface area contributed by atoms with Crippen LogP contribution in [0.15, 0.2) is 24.3 Å². The number of para-hydroxylation sites is 1. The Bertz CT molecular complexity index is 860. The van der Waals surface area contributed by atoms with Gasteiger partial charge in [-0.15, -0.1) is 0 Å². The van der Waals surface area contributed by atoms with E-state index in [1.807, 2.05) is 38.1 Å². The minimum atomic E-state index is -0.833. The number of amides is 1. The number of nitrogens with one attached hydrogen (secondary N) is 1.